The van der Waals surface area contributed by atoms with Crippen LogP contribution in [-0.4, -0.2) is 21.3 Å². The normalized spacial score (nSPS) is 10.0. The quantitative estimate of drug-likeness (QED) is 0.393. The highest BCUT2D eigenvalue weighted by Gasteiger charge is 2.32. The maximum Gasteiger partial charge on any atom is 0.355 e. The monoisotopic (exact) mass is 299 g/mol. The van der Waals surface area contributed by atoms with Crippen molar-refractivity contribution in [2.75, 3.05) is 0 Å². The van der Waals surface area contributed by atoms with Gasteiger partial charge in [-0.3, -0.25) is 30.4 Å². The Morgan fingerprint density at radius 2 is 1.55 bits per heavy atom. The van der Waals surface area contributed by atoms with Gasteiger partial charge in [0.1, 0.15) is 5.71 Å². The van der Waals surface area contributed by atoms with Gasteiger partial charge in [0, 0.05) is 11.6 Å². The lowest BCUT2D eigenvalue weighted by Crippen LogP contribution is -2.16. The molecule has 0 saturated carbocycles. The Kier molecular flexibility index (Phi) is 4.03. The Morgan fingerprint density at radius 1 is 0.909 bits per heavy atom. The molecule has 0 fully saturated rings. The molecule has 0 aliphatic heterocycles. The topological polar surface area (TPSA) is 127 Å². The fraction of sp³-hybridized carbons (Fsp3) is 0. The SMILES string of the molecule is N=C(C(=O)c1ccccc1)c1cccc([N+](=O)[O-])c1[N+](=O)[O-]. The van der Waals surface area contributed by atoms with E-state index < -0.39 is 32.7 Å². The van der Waals surface area contributed by atoms with E-state index in [1.807, 2.05) is 0 Å². The summed E-state index contributed by atoms with van der Waals surface area (Å²) in [7, 11) is 0. The van der Waals surface area contributed by atoms with Gasteiger partial charge in [0.2, 0.25) is 5.78 Å². The summed E-state index contributed by atoms with van der Waals surface area (Å²) in [5.74, 6) is -0.746. The Hall–Kier alpha value is -3.42. The predicted octanol–water partition coefficient (Wildman–Crippen LogP) is 2.75. The fourth-order valence-electron chi connectivity index (χ4n) is 1.93. The van der Waals surface area contributed by atoms with Crippen molar-refractivity contribution >= 4 is 22.9 Å². The Morgan fingerprint density at radius 3 is 2.09 bits per heavy atom. The molecule has 0 amide bonds. The van der Waals surface area contributed by atoms with Gasteiger partial charge < -0.3 is 0 Å². The molecule has 0 aromatic heterocycles. The first-order chi connectivity index (χ1) is 10.4. The minimum atomic E-state index is -0.958. The third kappa shape index (κ3) is 2.70. The van der Waals surface area contributed by atoms with Gasteiger partial charge in [0.05, 0.1) is 15.4 Å². The maximum atomic E-state index is 12.2. The average molecular weight is 299 g/mol. The number of nitro groups is 2. The zero-order chi connectivity index (χ0) is 16.3. The molecule has 0 heterocycles. The number of carbonyl (C=O) groups excluding carboxylic acids is 1. The second-order valence-electron chi connectivity index (χ2n) is 4.26. The van der Waals surface area contributed by atoms with Crippen molar-refractivity contribution in [3.05, 3.63) is 79.9 Å². The van der Waals surface area contributed by atoms with Crippen LogP contribution >= 0.6 is 0 Å². The van der Waals surface area contributed by atoms with E-state index in [0.29, 0.717) is 0 Å². The molecule has 0 atom stereocenters. The first kappa shape index (κ1) is 15.0. The largest absolute Gasteiger partial charge is 0.355 e. The number of nitrogens with zero attached hydrogens (tertiary/aromatic N) is 2. The van der Waals surface area contributed by atoms with E-state index in [0.717, 1.165) is 12.1 Å². The number of benzene rings is 2. The lowest BCUT2D eigenvalue weighted by Gasteiger charge is -2.05. The number of Topliss-reactive ketones (excluding diaryl/α,β-unsaturated/α-hetero) is 1. The average Bonchev–Trinajstić information content (AvgIpc) is 2.53. The van der Waals surface area contributed by atoms with E-state index in [4.69, 9.17) is 5.41 Å². The Balaban J connectivity index is 2.55. The number of carbonyl (C=O) groups is 1. The molecule has 1 N–H and O–H groups in total. The number of hydrogen-bond donors (Lipinski definition) is 1. The van der Waals surface area contributed by atoms with E-state index in [9.17, 15) is 25.0 Å². The molecule has 0 unspecified atom stereocenters. The number of para-hydroxylation sites is 1. The van der Waals surface area contributed by atoms with E-state index in [-0.39, 0.29) is 11.1 Å². The highest BCUT2D eigenvalue weighted by Crippen LogP contribution is 2.31. The molecule has 8 nitrogen and oxygen atoms in total. The van der Waals surface area contributed by atoms with Gasteiger partial charge in [-0.15, -0.1) is 0 Å². The van der Waals surface area contributed by atoms with Crippen molar-refractivity contribution in [1.82, 2.24) is 0 Å². The van der Waals surface area contributed by atoms with Crippen LogP contribution in [0.5, 0.6) is 0 Å². The van der Waals surface area contributed by atoms with Crippen molar-refractivity contribution in [2.24, 2.45) is 0 Å². The minimum Gasteiger partial charge on any atom is -0.296 e. The number of hydrogen-bond acceptors (Lipinski definition) is 6. The molecule has 110 valence electrons. The summed E-state index contributed by atoms with van der Waals surface area (Å²) >= 11 is 0. The van der Waals surface area contributed by atoms with E-state index in [1.165, 1.54) is 18.2 Å². The van der Waals surface area contributed by atoms with Gasteiger partial charge in [-0.2, -0.15) is 0 Å². The maximum absolute atomic E-state index is 12.2. The van der Waals surface area contributed by atoms with Crippen molar-refractivity contribution < 1.29 is 14.6 Å². The summed E-state index contributed by atoms with van der Waals surface area (Å²) in [5.41, 5.74) is -2.49. The van der Waals surface area contributed by atoms with Gasteiger partial charge >= 0.3 is 11.4 Å². The first-order valence-electron chi connectivity index (χ1n) is 6.04. The molecule has 2 rings (SSSR count). The fourth-order valence-corrected chi connectivity index (χ4v) is 1.93. The molecular formula is C14H9N3O5. The summed E-state index contributed by atoms with van der Waals surface area (Å²) in [6, 6.07) is 11.1. The van der Waals surface area contributed by atoms with Gasteiger partial charge in [-0.25, -0.2) is 0 Å². The van der Waals surface area contributed by atoms with Crippen LogP contribution in [0.4, 0.5) is 11.4 Å². The number of ketones is 1. The number of nitro benzene ring substituents is 2. The van der Waals surface area contributed by atoms with Crippen LogP contribution in [0.25, 0.3) is 0 Å². The highest BCUT2D eigenvalue weighted by atomic mass is 16.6. The van der Waals surface area contributed by atoms with Crippen LogP contribution < -0.4 is 0 Å². The lowest BCUT2D eigenvalue weighted by molar-refractivity contribution is -0.422. The summed E-state index contributed by atoms with van der Waals surface area (Å²) < 4.78 is 0. The summed E-state index contributed by atoms with van der Waals surface area (Å²) in [6.45, 7) is 0. The van der Waals surface area contributed by atoms with Crippen LogP contribution in [0, 0.1) is 25.6 Å². The van der Waals surface area contributed by atoms with Crippen molar-refractivity contribution in [3.8, 4) is 0 Å². The molecule has 2 aromatic rings. The predicted molar refractivity (Wildman–Crippen MR) is 77.4 cm³/mol. The van der Waals surface area contributed by atoms with Crippen molar-refractivity contribution in [1.29, 1.82) is 5.41 Å². The summed E-state index contributed by atoms with van der Waals surface area (Å²) in [4.78, 5) is 32.3. The molecule has 2 aromatic carbocycles. The number of rotatable bonds is 5. The zero-order valence-electron chi connectivity index (χ0n) is 11.1. The Bertz CT molecular complexity index is 786. The zero-order valence-corrected chi connectivity index (χ0v) is 11.1. The highest BCUT2D eigenvalue weighted by molar-refractivity contribution is 6.51. The standard InChI is InChI=1S/C14H9N3O5/c15-12(14(18)9-5-2-1-3-6-9)10-7-4-8-11(16(19)20)13(10)17(21)22/h1-8,15H. The van der Waals surface area contributed by atoms with Crippen LogP contribution in [0.3, 0.4) is 0 Å². The second-order valence-corrected chi connectivity index (χ2v) is 4.26. The van der Waals surface area contributed by atoms with Crippen LogP contribution in [0.2, 0.25) is 0 Å². The van der Waals surface area contributed by atoms with Gasteiger partial charge in [-0.1, -0.05) is 36.4 Å². The van der Waals surface area contributed by atoms with Crippen molar-refractivity contribution in [3.63, 3.8) is 0 Å². The van der Waals surface area contributed by atoms with Crippen LogP contribution in [0.1, 0.15) is 15.9 Å². The second kappa shape index (κ2) is 5.92. The molecular weight excluding hydrogens is 290 g/mol. The first-order valence-corrected chi connectivity index (χ1v) is 6.04. The molecule has 0 radical (unpaired) electrons. The molecule has 0 saturated heterocycles. The summed E-state index contributed by atoms with van der Waals surface area (Å²) in [5, 5.41) is 29.9. The third-order valence-corrected chi connectivity index (χ3v) is 2.93. The van der Waals surface area contributed by atoms with Gasteiger partial charge in [0.25, 0.3) is 0 Å². The molecule has 8 heteroatoms. The van der Waals surface area contributed by atoms with Gasteiger partial charge in [-0.05, 0) is 6.07 Å². The minimum absolute atomic E-state index is 0.174. The van der Waals surface area contributed by atoms with Crippen LogP contribution in [-0.2, 0) is 0 Å². The molecule has 0 bridgehead atoms. The van der Waals surface area contributed by atoms with Crippen molar-refractivity contribution in [2.45, 2.75) is 0 Å². The number of nitrogens with one attached hydrogen (secondary N) is 1. The molecule has 0 aliphatic rings. The molecule has 22 heavy (non-hydrogen) atoms. The van der Waals surface area contributed by atoms with E-state index in [2.05, 4.69) is 0 Å². The van der Waals surface area contributed by atoms with Gasteiger partial charge in [0.15, 0.2) is 0 Å². The van der Waals surface area contributed by atoms with E-state index >= 15 is 0 Å². The lowest BCUT2D eigenvalue weighted by atomic mass is 9.99. The Labute approximate surface area is 123 Å². The molecule has 0 aliphatic carbocycles. The smallest absolute Gasteiger partial charge is 0.296 e. The summed E-state index contributed by atoms with van der Waals surface area (Å²) in [6.07, 6.45) is 0. The third-order valence-electron chi connectivity index (χ3n) is 2.93. The molecule has 0 spiro atoms. The van der Waals surface area contributed by atoms with E-state index in [1.54, 1.807) is 18.2 Å². The van der Waals surface area contributed by atoms with Crippen LogP contribution in [0.15, 0.2) is 48.5 Å².